The normalized spacial score (nSPS) is 18.4. The minimum Gasteiger partial charge on any atom is -0.476 e. The van der Waals surface area contributed by atoms with Crippen molar-refractivity contribution in [2.75, 3.05) is 23.5 Å². The fourth-order valence-corrected chi connectivity index (χ4v) is 6.75. The quantitative estimate of drug-likeness (QED) is 0.229. The number of hydrogen-bond donors (Lipinski definition) is 3. The summed E-state index contributed by atoms with van der Waals surface area (Å²) in [5.74, 6) is -2.82. The van der Waals surface area contributed by atoms with Crippen LogP contribution in [0.15, 0.2) is 64.3 Å². The van der Waals surface area contributed by atoms with Gasteiger partial charge in [0.15, 0.2) is 0 Å². The summed E-state index contributed by atoms with van der Waals surface area (Å²) in [6.45, 7) is 4.72. The van der Waals surface area contributed by atoms with Crippen LogP contribution in [0.5, 0.6) is 5.75 Å². The minimum atomic E-state index is -3.22. The lowest BCUT2D eigenvalue weighted by Gasteiger charge is -2.40. The van der Waals surface area contributed by atoms with Gasteiger partial charge in [0.1, 0.15) is 12.0 Å². The molecule has 0 aliphatic carbocycles. The molecule has 3 N–H and O–H groups in total. The molecular weight excluding hydrogens is 453 g/mol. The molecule has 0 radical (unpaired) electrons. The highest BCUT2D eigenvalue weighted by Crippen LogP contribution is 2.61. The van der Waals surface area contributed by atoms with E-state index in [1.165, 1.54) is 17.8 Å². The molecule has 1 aliphatic rings. The van der Waals surface area contributed by atoms with Crippen molar-refractivity contribution in [2.24, 2.45) is 5.41 Å². The molecule has 0 spiro atoms. The van der Waals surface area contributed by atoms with Gasteiger partial charge in [-0.1, -0.05) is 32.0 Å². The zero-order chi connectivity index (χ0) is 23.5. The van der Waals surface area contributed by atoms with Crippen LogP contribution in [0.1, 0.15) is 26.7 Å². The van der Waals surface area contributed by atoms with Gasteiger partial charge in [0.2, 0.25) is 5.83 Å². The van der Waals surface area contributed by atoms with Crippen LogP contribution >= 0.6 is 22.4 Å². The number of para-hydroxylation sites is 1. The summed E-state index contributed by atoms with van der Waals surface area (Å²) in [5, 5.41) is 8.76. The van der Waals surface area contributed by atoms with Gasteiger partial charge in [-0.15, -0.1) is 11.8 Å². The van der Waals surface area contributed by atoms with Crippen LogP contribution in [0, 0.1) is 5.41 Å². The molecule has 2 aromatic rings. The van der Waals surface area contributed by atoms with Crippen molar-refractivity contribution in [3.63, 3.8) is 0 Å². The molecule has 0 saturated carbocycles. The summed E-state index contributed by atoms with van der Waals surface area (Å²) >= 11 is 1.34. The van der Waals surface area contributed by atoms with Gasteiger partial charge < -0.3 is 14.7 Å². The second kappa shape index (κ2) is 9.74. The molecule has 0 unspecified atom stereocenters. The molecule has 3 rings (SSSR count). The van der Waals surface area contributed by atoms with E-state index in [0.717, 1.165) is 18.5 Å². The number of carbonyl (C=O) groups is 1. The highest BCUT2D eigenvalue weighted by Gasteiger charge is 2.41. The Hall–Kier alpha value is -2.20. The predicted molar refractivity (Wildman–Crippen MR) is 128 cm³/mol. The lowest BCUT2D eigenvalue weighted by atomic mass is 9.83. The fourth-order valence-electron chi connectivity index (χ4n) is 3.91. The van der Waals surface area contributed by atoms with E-state index in [1.54, 1.807) is 6.07 Å². The zero-order valence-corrected chi connectivity index (χ0v) is 19.9. The van der Waals surface area contributed by atoms with Crippen LogP contribution in [0.2, 0.25) is 0 Å². The number of thioether (sulfide) groups is 1. The van der Waals surface area contributed by atoms with Gasteiger partial charge in [-0.25, -0.2) is 4.79 Å². The van der Waals surface area contributed by atoms with Crippen LogP contribution < -0.4 is 9.64 Å². The first-order chi connectivity index (χ1) is 15.2. The Kier molecular flexibility index (Phi) is 7.44. The first-order valence-corrected chi connectivity index (χ1v) is 13.2. The molecule has 9 heteroatoms. The van der Waals surface area contributed by atoms with Gasteiger partial charge in [-0.2, -0.15) is 15.0 Å². The molecule has 0 fully saturated rings. The number of nitrogens with zero attached hydrogens (tertiary/aromatic N) is 1. The summed E-state index contributed by atoms with van der Waals surface area (Å²) in [5.41, 5.74) is 1.25. The number of rotatable bonds is 7. The number of fused-ring (bicyclic) bond motifs is 1. The Morgan fingerprint density at radius 3 is 2.47 bits per heavy atom. The van der Waals surface area contributed by atoms with Crippen LogP contribution in [-0.2, 0) is 4.79 Å². The van der Waals surface area contributed by atoms with Crippen molar-refractivity contribution in [2.45, 2.75) is 36.5 Å². The van der Waals surface area contributed by atoms with Crippen molar-refractivity contribution >= 4 is 39.7 Å². The molecule has 6 nitrogen and oxygen atoms in total. The smallest absolute Gasteiger partial charge is 0.368 e. The predicted octanol–water partition coefficient (Wildman–Crippen LogP) is 6.75. The first-order valence-electron chi connectivity index (χ1n) is 10.2. The van der Waals surface area contributed by atoms with E-state index in [4.69, 9.17) is 9.84 Å². The largest absolute Gasteiger partial charge is 0.476 e. The topological polar surface area (TPSA) is 90.2 Å². The molecule has 1 aliphatic heterocycles. The Balaban J connectivity index is 2.23. The number of aliphatic carboxylic acids is 1. The molecule has 1 heterocycles. The van der Waals surface area contributed by atoms with E-state index in [1.807, 2.05) is 36.6 Å². The van der Waals surface area contributed by atoms with Crippen LogP contribution in [0.3, 0.4) is 0 Å². The van der Waals surface area contributed by atoms with Gasteiger partial charge in [-0.05, 0) is 37.3 Å². The third kappa shape index (κ3) is 4.91. The maximum absolute atomic E-state index is 13.5. The highest BCUT2D eigenvalue weighted by atomic mass is 32.3. The minimum absolute atomic E-state index is 0.168. The second-order valence-electron chi connectivity index (χ2n) is 7.80. The Labute approximate surface area is 193 Å². The molecule has 2 aromatic carbocycles. The second-order valence-corrected chi connectivity index (χ2v) is 10.7. The fraction of sp³-hybridized carbons (Fsp3) is 0.348. The summed E-state index contributed by atoms with van der Waals surface area (Å²) < 4.78 is 41.4. The number of anilines is 2. The molecule has 0 saturated heterocycles. The van der Waals surface area contributed by atoms with Gasteiger partial charge >= 0.3 is 5.97 Å². The maximum Gasteiger partial charge on any atom is 0.368 e. The summed E-state index contributed by atoms with van der Waals surface area (Å²) in [6, 6.07) is 13.0. The van der Waals surface area contributed by atoms with Gasteiger partial charge in [0.05, 0.1) is 15.5 Å². The van der Waals surface area contributed by atoms with Crippen molar-refractivity contribution in [3.8, 4) is 5.75 Å². The highest BCUT2D eigenvalue weighted by molar-refractivity contribution is 8.24. The van der Waals surface area contributed by atoms with Gasteiger partial charge in [0, 0.05) is 29.5 Å². The molecule has 0 bridgehead atoms. The van der Waals surface area contributed by atoms with Crippen LogP contribution in [0.25, 0.3) is 0 Å². The van der Waals surface area contributed by atoms with Gasteiger partial charge in [0.25, 0.3) is 0 Å². The molecule has 32 heavy (non-hydrogen) atoms. The van der Waals surface area contributed by atoms with Crippen molar-refractivity contribution in [1.29, 1.82) is 0 Å². The Morgan fingerprint density at radius 1 is 1.25 bits per heavy atom. The van der Waals surface area contributed by atoms with E-state index in [-0.39, 0.29) is 16.9 Å². The van der Waals surface area contributed by atoms with Gasteiger partial charge in [-0.3, -0.25) is 9.11 Å². The summed E-state index contributed by atoms with van der Waals surface area (Å²) in [7, 11) is -3.22. The average Bonchev–Trinajstić information content (AvgIpc) is 2.89. The summed E-state index contributed by atoms with van der Waals surface area (Å²) in [4.78, 5) is 13.8. The van der Waals surface area contributed by atoms with Crippen LogP contribution in [-0.4, -0.2) is 38.7 Å². The molecule has 174 valence electrons. The SMILES string of the molecule is CCC1(CC)CN(c2ccccc2)c2cc(SC)c(O/C=C(\F)C(=O)O)cc2S(O)(O)C1. The van der Waals surface area contributed by atoms with Crippen LogP contribution in [0.4, 0.5) is 15.8 Å². The standard InChI is InChI=1S/C23H28FNO5S2/c1-4-23(5-2)14-25(16-9-7-6-8-10-16)18-11-20(31-3)19(30-13-17(24)22(26)27)12-21(18)32(28,29)15-23/h6-13,28-29H,4-5,14-15H2,1-3H3,(H,26,27)/b17-13-. The number of carboxylic acids is 1. The number of benzene rings is 2. The lowest BCUT2D eigenvalue weighted by molar-refractivity contribution is -0.134. The molecule has 0 aromatic heterocycles. The molecule has 0 atom stereocenters. The first kappa shape index (κ1) is 24.4. The number of halogens is 1. The van der Waals surface area contributed by atoms with E-state index >= 15 is 0 Å². The lowest BCUT2D eigenvalue weighted by Crippen LogP contribution is -2.36. The maximum atomic E-state index is 13.5. The summed E-state index contributed by atoms with van der Waals surface area (Å²) in [6.07, 6.45) is 3.86. The average molecular weight is 482 g/mol. The van der Waals surface area contributed by atoms with E-state index < -0.39 is 22.4 Å². The third-order valence-electron chi connectivity index (χ3n) is 5.95. The Bertz CT molecular complexity index is 1010. The van der Waals surface area contributed by atoms with Crippen molar-refractivity contribution < 1.29 is 28.1 Å². The van der Waals surface area contributed by atoms with E-state index in [2.05, 4.69) is 18.7 Å². The van der Waals surface area contributed by atoms with E-state index in [9.17, 15) is 18.3 Å². The number of ether oxygens (including phenoxy) is 1. The number of hydrogen-bond acceptors (Lipinski definition) is 6. The van der Waals surface area contributed by atoms with Crippen molar-refractivity contribution in [3.05, 3.63) is 54.6 Å². The number of carboxylic acid groups (broad SMARTS) is 1. The monoisotopic (exact) mass is 481 g/mol. The molecule has 0 amide bonds. The van der Waals surface area contributed by atoms with Crippen molar-refractivity contribution in [1.82, 2.24) is 0 Å². The van der Waals surface area contributed by atoms with E-state index in [0.29, 0.717) is 28.3 Å². The Morgan fingerprint density at radius 2 is 1.91 bits per heavy atom. The third-order valence-corrected chi connectivity index (χ3v) is 8.76. The molecular formula is C23H28FNO5S2. The zero-order valence-electron chi connectivity index (χ0n) is 18.2.